The van der Waals surface area contributed by atoms with Gasteiger partial charge in [-0.05, 0) is 52.1 Å². The highest BCUT2D eigenvalue weighted by atomic mass is 16.5. The highest BCUT2D eigenvalue weighted by molar-refractivity contribution is 6.07. The molecule has 0 unspecified atom stereocenters. The van der Waals surface area contributed by atoms with Crippen LogP contribution in [0.25, 0.3) is 33.6 Å². The van der Waals surface area contributed by atoms with E-state index in [2.05, 4.69) is 69.2 Å². The van der Waals surface area contributed by atoms with Crippen molar-refractivity contribution in [3.8, 4) is 33.6 Å². The number of ether oxygens (including phenoxy) is 1. The molecular weight excluding hydrogens is 452 g/mol. The van der Waals surface area contributed by atoms with E-state index in [1.807, 2.05) is 31.2 Å². The first-order valence-corrected chi connectivity index (χ1v) is 12.1. The minimum Gasteiger partial charge on any atom is -0.381 e. The number of tetrazole rings is 1. The molecule has 1 fully saturated rings. The third-order valence-electron chi connectivity index (χ3n) is 7.05. The molecule has 0 atom stereocenters. The lowest BCUT2D eigenvalue weighted by atomic mass is 9.90. The molecule has 1 amide bonds. The van der Waals surface area contributed by atoms with Gasteiger partial charge in [-0.15, -0.1) is 10.2 Å². The second-order valence-corrected chi connectivity index (χ2v) is 9.25. The zero-order valence-corrected chi connectivity index (χ0v) is 20.0. The highest BCUT2D eigenvalue weighted by Gasteiger charge is 2.47. The summed E-state index contributed by atoms with van der Waals surface area (Å²) in [6.45, 7) is 3.58. The number of H-pyrrole nitrogens is 1. The maximum absolute atomic E-state index is 13.3. The maximum atomic E-state index is 13.3. The Morgan fingerprint density at radius 3 is 2.39 bits per heavy atom. The number of aliphatic imine (C=N–C) groups is 1. The fourth-order valence-electron chi connectivity index (χ4n) is 5.07. The van der Waals surface area contributed by atoms with Crippen LogP contribution in [0.2, 0.25) is 0 Å². The molecule has 1 spiro atoms. The van der Waals surface area contributed by atoms with Crippen molar-refractivity contribution in [2.45, 2.75) is 31.8 Å². The molecule has 3 heterocycles. The smallest absolute Gasteiger partial charge is 0.256 e. The van der Waals surface area contributed by atoms with E-state index >= 15 is 0 Å². The lowest BCUT2D eigenvalue weighted by Gasteiger charge is -2.29. The molecular formula is C28H26N6O2. The molecule has 0 bridgehead atoms. The van der Waals surface area contributed by atoms with Gasteiger partial charge in [-0.3, -0.25) is 14.7 Å². The molecule has 1 aromatic heterocycles. The van der Waals surface area contributed by atoms with E-state index in [9.17, 15) is 4.79 Å². The zero-order chi connectivity index (χ0) is 24.5. The molecule has 2 aliphatic rings. The van der Waals surface area contributed by atoms with Crippen molar-refractivity contribution < 1.29 is 9.53 Å². The van der Waals surface area contributed by atoms with Gasteiger partial charge in [0.05, 0.1) is 6.54 Å². The lowest BCUT2D eigenvalue weighted by Crippen LogP contribution is -2.45. The quantitative estimate of drug-likeness (QED) is 0.455. The molecule has 0 radical (unpaired) electrons. The van der Waals surface area contributed by atoms with E-state index in [1.54, 1.807) is 4.90 Å². The van der Waals surface area contributed by atoms with E-state index in [1.165, 1.54) is 0 Å². The number of aromatic amines is 1. The zero-order valence-electron chi connectivity index (χ0n) is 20.0. The second kappa shape index (κ2) is 9.13. The molecule has 2 aliphatic heterocycles. The minimum absolute atomic E-state index is 0.0855. The van der Waals surface area contributed by atoms with Crippen LogP contribution >= 0.6 is 0 Å². The molecule has 0 saturated carbocycles. The summed E-state index contributed by atoms with van der Waals surface area (Å²) < 4.78 is 5.47. The second-order valence-electron chi connectivity index (χ2n) is 9.25. The summed E-state index contributed by atoms with van der Waals surface area (Å²) in [5.41, 5.74) is 5.61. The molecule has 3 aromatic carbocycles. The van der Waals surface area contributed by atoms with Crippen molar-refractivity contribution in [2.24, 2.45) is 4.99 Å². The molecule has 8 heteroatoms. The third-order valence-corrected chi connectivity index (χ3v) is 7.05. The van der Waals surface area contributed by atoms with Crippen LogP contribution in [0.3, 0.4) is 0 Å². The fraction of sp³-hybridized carbons (Fsp3) is 0.250. The van der Waals surface area contributed by atoms with Gasteiger partial charge in [-0.1, -0.05) is 60.7 Å². The summed E-state index contributed by atoms with van der Waals surface area (Å²) in [7, 11) is 0. The number of amides is 1. The Hall–Kier alpha value is -4.17. The number of rotatable bonds is 5. The number of carbonyl (C=O) groups excluding carboxylic acids is 1. The van der Waals surface area contributed by atoms with Crippen molar-refractivity contribution >= 4 is 11.7 Å². The largest absolute Gasteiger partial charge is 0.381 e. The normalized spacial score (nSPS) is 17.0. The van der Waals surface area contributed by atoms with Crippen molar-refractivity contribution in [3.63, 3.8) is 0 Å². The van der Waals surface area contributed by atoms with Gasteiger partial charge in [0.1, 0.15) is 11.4 Å². The van der Waals surface area contributed by atoms with E-state index in [0.717, 1.165) is 39.2 Å². The van der Waals surface area contributed by atoms with Crippen molar-refractivity contribution in [3.05, 3.63) is 78.4 Å². The van der Waals surface area contributed by atoms with E-state index < -0.39 is 5.54 Å². The monoisotopic (exact) mass is 478 g/mol. The lowest BCUT2D eigenvalue weighted by molar-refractivity contribution is -0.134. The molecule has 180 valence electrons. The predicted molar refractivity (Wildman–Crippen MR) is 137 cm³/mol. The average Bonchev–Trinajstić information content (AvgIpc) is 3.54. The van der Waals surface area contributed by atoms with Gasteiger partial charge >= 0.3 is 0 Å². The van der Waals surface area contributed by atoms with Gasteiger partial charge < -0.3 is 4.74 Å². The molecule has 8 nitrogen and oxygen atoms in total. The number of hydrogen-bond acceptors (Lipinski definition) is 6. The number of hydrogen-bond donors (Lipinski definition) is 1. The van der Waals surface area contributed by atoms with E-state index in [0.29, 0.717) is 38.4 Å². The van der Waals surface area contributed by atoms with Crippen LogP contribution in [0.1, 0.15) is 25.3 Å². The van der Waals surface area contributed by atoms with Gasteiger partial charge in [-0.25, -0.2) is 0 Å². The van der Waals surface area contributed by atoms with Crippen LogP contribution in [0.4, 0.5) is 0 Å². The predicted octanol–water partition coefficient (Wildman–Crippen LogP) is 4.51. The summed E-state index contributed by atoms with van der Waals surface area (Å²) in [5, 5.41) is 14.7. The Balaban J connectivity index is 1.30. The topological polar surface area (TPSA) is 96.4 Å². The van der Waals surface area contributed by atoms with Crippen LogP contribution in [0, 0.1) is 0 Å². The SMILES string of the molecule is CC1=NC2(CCOCC2)C(=O)N1Cc1ccc(-c2cc(-c3ccccc3)ccc2-c2nn[nH]n2)cc1. The van der Waals surface area contributed by atoms with Crippen LogP contribution in [-0.2, 0) is 16.1 Å². The van der Waals surface area contributed by atoms with Gasteiger partial charge in [-0.2, -0.15) is 5.21 Å². The Labute approximate surface area is 209 Å². The molecule has 1 N–H and O–H groups in total. The first kappa shape index (κ1) is 22.3. The highest BCUT2D eigenvalue weighted by Crippen LogP contribution is 2.36. The first-order chi connectivity index (χ1) is 17.6. The van der Waals surface area contributed by atoms with Crippen LogP contribution in [-0.4, -0.2) is 56.0 Å². The summed E-state index contributed by atoms with van der Waals surface area (Å²) in [5.74, 6) is 1.41. The number of amidine groups is 1. The average molecular weight is 479 g/mol. The number of nitrogens with one attached hydrogen (secondary N) is 1. The van der Waals surface area contributed by atoms with Crippen LogP contribution in [0.5, 0.6) is 0 Å². The third kappa shape index (κ3) is 3.99. The molecule has 0 aliphatic carbocycles. The first-order valence-electron chi connectivity index (χ1n) is 12.1. The van der Waals surface area contributed by atoms with Crippen LogP contribution in [0.15, 0.2) is 77.8 Å². The number of aromatic nitrogens is 4. The Bertz CT molecular complexity index is 1410. The van der Waals surface area contributed by atoms with Crippen molar-refractivity contribution in [2.75, 3.05) is 13.2 Å². The molecule has 6 rings (SSSR count). The maximum Gasteiger partial charge on any atom is 0.256 e. The molecule has 1 saturated heterocycles. The summed E-state index contributed by atoms with van der Waals surface area (Å²) >= 11 is 0. The minimum atomic E-state index is -0.639. The molecule has 4 aromatic rings. The molecule has 36 heavy (non-hydrogen) atoms. The van der Waals surface area contributed by atoms with Gasteiger partial charge in [0.2, 0.25) is 5.82 Å². The standard InChI is InChI=1S/C28H26N6O2/c1-19-29-28(13-15-36-16-14-28)27(35)34(19)18-20-7-9-22(10-8-20)25-17-23(21-5-3-2-4-6-21)11-12-24(25)26-30-32-33-31-26/h2-12,17H,13-16,18H2,1H3,(H,30,31,32,33). The number of benzene rings is 3. The summed E-state index contributed by atoms with van der Waals surface area (Å²) in [4.78, 5) is 19.8. The van der Waals surface area contributed by atoms with Crippen molar-refractivity contribution in [1.82, 2.24) is 25.5 Å². The van der Waals surface area contributed by atoms with Gasteiger partial charge in [0, 0.05) is 31.6 Å². The van der Waals surface area contributed by atoms with Gasteiger partial charge in [0.15, 0.2) is 0 Å². The van der Waals surface area contributed by atoms with Crippen molar-refractivity contribution in [1.29, 1.82) is 0 Å². The Morgan fingerprint density at radius 1 is 0.917 bits per heavy atom. The number of nitrogens with zero attached hydrogens (tertiary/aromatic N) is 5. The fourth-order valence-corrected chi connectivity index (χ4v) is 5.07. The summed E-state index contributed by atoms with van der Waals surface area (Å²) in [6, 6.07) is 24.8. The number of carbonyl (C=O) groups is 1. The Kier molecular flexibility index (Phi) is 5.65. The van der Waals surface area contributed by atoms with E-state index in [4.69, 9.17) is 9.73 Å². The Morgan fingerprint density at radius 2 is 1.67 bits per heavy atom. The van der Waals surface area contributed by atoms with Crippen LogP contribution < -0.4 is 0 Å². The van der Waals surface area contributed by atoms with E-state index in [-0.39, 0.29) is 5.91 Å². The van der Waals surface area contributed by atoms with Gasteiger partial charge in [0.25, 0.3) is 5.91 Å². The summed E-state index contributed by atoms with van der Waals surface area (Å²) in [6.07, 6.45) is 1.30.